The number of ether oxygens (including phenoxy) is 1. The van der Waals surface area contributed by atoms with Crippen molar-refractivity contribution in [3.05, 3.63) is 0 Å². The Labute approximate surface area is 111 Å². The second-order valence-corrected chi connectivity index (χ2v) is 6.64. The van der Waals surface area contributed by atoms with Gasteiger partial charge in [0, 0.05) is 17.6 Å². The fourth-order valence-electron chi connectivity index (χ4n) is 2.29. The summed E-state index contributed by atoms with van der Waals surface area (Å²) in [5.41, 5.74) is 0. The summed E-state index contributed by atoms with van der Waals surface area (Å²) in [7, 11) is 0. The molecule has 3 unspecified atom stereocenters. The number of unbranched alkanes of at least 4 members (excludes halogenated alkanes) is 1. The molecule has 1 fully saturated rings. The molecule has 0 saturated heterocycles. The van der Waals surface area contributed by atoms with Crippen LogP contribution in [-0.2, 0) is 4.74 Å². The van der Waals surface area contributed by atoms with E-state index in [-0.39, 0.29) is 6.10 Å². The predicted molar refractivity (Wildman–Crippen MR) is 75.6 cm³/mol. The Morgan fingerprint density at radius 3 is 2.94 bits per heavy atom. The fraction of sp³-hybridized carbons (Fsp3) is 1.00. The predicted octanol–water partition coefficient (Wildman–Crippen LogP) is 3.48. The van der Waals surface area contributed by atoms with Crippen LogP contribution in [0.4, 0.5) is 0 Å². The average Bonchev–Trinajstić information content (AvgIpc) is 2.32. The first-order chi connectivity index (χ1) is 8.22. The highest BCUT2D eigenvalue weighted by Crippen LogP contribution is 2.32. The molecule has 2 nitrogen and oxygen atoms in total. The van der Waals surface area contributed by atoms with E-state index in [1.165, 1.54) is 25.7 Å². The molecule has 3 heteroatoms. The molecule has 3 atom stereocenters. The lowest BCUT2D eigenvalue weighted by Crippen LogP contribution is -2.22. The van der Waals surface area contributed by atoms with E-state index in [0.717, 1.165) is 36.4 Å². The maximum Gasteiger partial charge on any atom is 0.0863 e. The van der Waals surface area contributed by atoms with Crippen molar-refractivity contribution in [3.63, 3.8) is 0 Å². The molecule has 0 heterocycles. The minimum Gasteiger partial charge on any atom is -0.390 e. The van der Waals surface area contributed by atoms with Crippen molar-refractivity contribution in [2.45, 2.75) is 63.7 Å². The Morgan fingerprint density at radius 2 is 2.24 bits per heavy atom. The second-order valence-electron chi connectivity index (χ2n) is 5.31. The molecule has 0 bridgehead atoms. The van der Waals surface area contributed by atoms with E-state index in [9.17, 15) is 5.11 Å². The van der Waals surface area contributed by atoms with Crippen molar-refractivity contribution < 1.29 is 9.84 Å². The summed E-state index contributed by atoms with van der Waals surface area (Å²) in [6.07, 6.45) is 7.38. The van der Waals surface area contributed by atoms with Crippen molar-refractivity contribution in [2.75, 3.05) is 19.0 Å². The zero-order valence-corrected chi connectivity index (χ0v) is 12.2. The van der Waals surface area contributed by atoms with Crippen LogP contribution in [0.15, 0.2) is 0 Å². The average molecular weight is 260 g/mol. The van der Waals surface area contributed by atoms with Gasteiger partial charge in [-0.2, -0.15) is 11.8 Å². The number of hydrogen-bond donors (Lipinski definition) is 1. The lowest BCUT2D eigenvalue weighted by molar-refractivity contribution is 0.0472. The van der Waals surface area contributed by atoms with Crippen LogP contribution in [0.3, 0.4) is 0 Å². The third-order valence-corrected chi connectivity index (χ3v) is 4.84. The molecule has 1 N–H and O–H groups in total. The molecule has 0 radical (unpaired) electrons. The first kappa shape index (κ1) is 15.3. The normalized spacial score (nSPS) is 27.0. The molecule has 0 spiro atoms. The summed E-state index contributed by atoms with van der Waals surface area (Å²) in [5.74, 6) is 1.71. The van der Waals surface area contributed by atoms with Gasteiger partial charge in [0.15, 0.2) is 0 Å². The van der Waals surface area contributed by atoms with E-state index in [0.29, 0.717) is 6.61 Å². The molecule has 0 aliphatic heterocycles. The molecule has 102 valence electrons. The van der Waals surface area contributed by atoms with Gasteiger partial charge in [0.25, 0.3) is 0 Å². The van der Waals surface area contributed by atoms with Crippen LogP contribution in [0.25, 0.3) is 0 Å². The van der Waals surface area contributed by atoms with Crippen molar-refractivity contribution in [2.24, 2.45) is 5.92 Å². The highest BCUT2D eigenvalue weighted by Gasteiger charge is 2.20. The van der Waals surface area contributed by atoms with Crippen LogP contribution in [-0.4, -0.2) is 35.4 Å². The number of thioether (sulfide) groups is 1. The van der Waals surface area contributed by atoms with Gasteiger partial charge in [-0.3, -0.25) is 0 Å². The minimum absolute atomic E-state index is 0.283. The smallest absolute Gasteiger partial charge is 0.0863 e. The molecule has 0 aromatic carbocycles. The van der Waals surface area contributed by atoms with E-state index < -0.39 is 0 Å². The summed E-state index contributed by atoms with van der Waals surface area (Å²) in [5, 5.41) is 10.6. The molecular weight excluding hydrogens is 232 g/mol. The van der Waals surface area contributed by atoms with Crippen molar-refractivity contribution in [3.8, 4) is 0 Å². The van der Waals surface area contributed by atoms with Crippen LogP contribution >= 0.6 is 11.8 Å². The fourth-order valence-corrected chi connectivity index (χ4v) is 3.68. The van der Waals surface area contributed by atoms with E-state index in [1.54, 1.807) is 0 Å². The van der Waals surface area contributed by atoms with Crippen LogP contribution in [0, 0.1) is 5.92 Å². The minimum atomic E-state index is -0.283. The largest absolute Gasteiger partial charge is 0.390 e. The maximum atomic E-state index is 9.80. The summed E-state index contributed by atoms with van der Waals surface area (Å²) in [6.45, 7) is 5.80. The van der Waals surface area contributed by atoms with Crippen molar-refractivity contribution in [1.29, 1.82) is 0 Å². The van der Waals surface area contributed by atoms with E-state index in [1.807, 2.05) is 11.8 Å². The van der Waals surface area contributed by atoms with Gasteiger partial charge < -0.3 is 9.84 Å². The summed E-state index contributed by atoms with van der Waals surface area (Å²) in [6, 6.07) is 0. The SMILES string of the molecule is CCCCOCC(O)CSC1CCCC(C)C1. The Hall–Kier alpha value is 0.270. The summed E-state index contributed by atoms with van der Waals surface area (Å²) < 4.78 is 5.43. The van der Waals surface area contributed by atoms with Gasteiger partial charge >= 0.3 is 0 Å². The van der Waals surface area contributed by atoms with Gasteiger partial charge in [-0.25, -0.2) is 0 Å². The van der Waals surface area contributed by atoms with Crippen LogP contribution < -0.4 is 0 Å². The Balaban J connectivity index is 2.00. The lowest BCUT2D eigenvalue weighted by atomic mass is 9.91. The summed E-state index contributed by atoms with van der Waals surface area (Å²) in [4.78, 5) is 0. The molecule has 1 rings (SSSR count). The highest BCUT2D eigenvalue weighted by atomic mass is 32.2. The first-order valence-corrected chi connectivity index (χ1v) is 8.14. The zero-order valence-electron chi connectivity index (χ0n) is 11.4. The molecule has 0 aromatic heterocycles. The van der Waals surface area contributed by atoms with E-state index >= 15 is 0 Å². The van der Waals surface area contributed by atoms with Crippen molar-refractivity contribution in [1.82, 2.24) is 0 Å². The first-order valence-electron chi connectivity index (χ1n) is 7.09. The summed E-state index contributed by atoms with van der Waals surface area (Å²) >= 11 is 1.94. The number of hydrogen-bond acceptors (Lipinski definition) is 3. The number of rotatable bonds is 8. The number of aliphatic hydroxyl groups excluding tert-OH is 1. The topological polar surface area (TPSA) is 29.5 Å². The molecule has 0 aromatic rings. The van der Waals surface area contributed by atoms with E-state index in [4.69, 9.17) is 4.74 Å². The number of aliphatic hydroxyl groups is 1. The molecule has 1 aliphatic rings. The van der Waals surface area contributed by atoms with Gasteiger partial charge in [0.1, 0.15) is 0 Å². The van der Waals surface area contributed by atoms with Crippen LogP contribution in [0.2, 0.25) is 0 Å². The highest BCUT2D eigenvalue weighted by molar-refractivity contribution is 7.99. The van der Waals surface area contributed by atoms with Gasteiger partial charge in [-0.15, -0.1) is 0 Å². The lowest BCUT2D eigenvalue weighted by Gasteiger charge is -2.26. The van der Waals surface area contributed by atoms with Crippen LogP contribution in [0.5, 0.6) is 0 Å². The Kier molecular flexibility index (Phi) is 8.33. The molecule has 1 aliphatic carbocycles. The maximum absolute atomic E-state index is 9.80. The third-order valence-electron chi connectivity index (χ3n) is 3.37. The van der Waals surface area contributed by atoms with Gasteiger partial charge in [0.2, 0.25) is 0 Å². The monoisotopic (exact) mass is 260 g/mol. The van der Waals surface area contributed by atoms with Gasteiger partial charge in [0.05, 0.1) is 12.7 Å². The Bertz CT molecular complexity index is 187. The third kappa shape index (κ3) is 7.32. The molecular formula is C14H28O2S. The van der Waals surface area contributed by atoms with Gasteiger partial charge in [-0.1, -0.05) is 33.1 Å². The molecule has 0 amide bonds. The quantitative estimate of drug-likeness (QED) is 0.678. The second kappa shape index (κ2) is 9.23. The standard InChI is InChI=1S/C14H28O2S/c1-3-4-8-16-10-13(15)11-17-14-7-5-6-12(2)9-14/h12-15H,3-11H2,1-2H3. The zero-order chi connectivity index (χ0) is 12.5. The molecule has 17 heavy (non-hydrogen) atoms. The molecule has 1 saturated carbocycles. The Morgan fingerprint density at radius 1 is 1.41 bits per heavy atom. The van der Waals surface area contributed by atoms with Gasteiger partial charge in [-0.05, 0) is 25.2 Å². The van der Waals surface area contributed by atoms with E-state index in [2.05, 4.69) is 13.8 Å². The van der Waals surface area contributed by atoms with Crippen LogP contribution in [0.1, 0.15) is 52.4 Å². The van der Waals surface area contributed by atoms with Crippen molar-refractivity contribution >= 4 is 11.8 Å².